The zero-order valence-electron chi connectivity index (χ0n) is 19.1. The molecule has 178 valence electrons. The Morgan fingerprint density at radius 2 is 1.79 bits per heavy atom. The normalized spacial score (nSPS) is 16.8. The molecule has 1 fully saturated rings. The van der Waals surface area contributed by atoms with Crippen LogP contribution in [0.25, 0.3) is 0 Å². The van der Waals surface area contributed by atoms with Crippen LogP contribution in [0.15, 0.2) is 41.3 Å². The van der Waals surface area contributed by atoms with E-state index in [1.54, 1.807) is 25.1 Å². The molecule has 2 aromatic rings. The van der Waals surface area contributed by atoms with E-state index in [4.69, 9.17) is 13.7 Å². The van der Waals surface area contributed by atoms with Gasteiger partial charge in [0.2, 0.25) is 0 Å². The van der Waals surface area contributed by atoms with Crippen molar-refractivity contribution >= 4 is 16.0 Å². The van der Waals surface area contributed by atoms with Gasteiger partial charge < -0.3 is 23.5 Å². The van der Waals surface area contributed by atoms with Crippen LogP contribution in [0.1, 0.15) is 35.7 Å². The highest BCUT2D eigenvalue weighted by atomic mass is 32.2. The van der Waals surface area contributed by atoms with Gasteiger partial charge in [0.25, 0.3) is 5.91 Å². The lowest BCUT2D eigenvalue weighted by molar-refractivity contribution is 0.0761. The molecule has 1 amide bonds. The van der Waals surface area contributed by atoms with Crippen molar-refractivity contribution in [3.05, 3.63) is 47.5 Å². The lowest BCUT2D eigenvalue weighted by Crippen LogP contribution is -2.35. The van der Waals surface area contributed by atoms with E-state index in [1.807, 2.05) is 4.90 Å². The third-order valence-electron chi connectivity index (χ3n) is 5.85. The van der Waals surface area contributed by atoms with Gasteiger partial charge in [-0.1, -0.05) is 13.0 Å². The van der Waals surface area contributed by atoms with Crippen molar-refractivity contribution in [3.8, 4) is 17.2 Å². The average molecular weight is 475 g/mol. The Morgan fingerprint density at radius 3 is 2.58 bits per heavy atom. The molecule has 2 heterocycles. The Labute approximate surface area is 195 Å². The summed E-state index contributed by atoms with van der Waals surface area (Å²) in [5.74, 6) is 0.886. The standard InChI is InChI=1S/C24H30N2O6S/c1-3-9-25-10-4-11-26(13-12-25)24(27)19-6-5-18(2)22(16-19)32-33(28,29)20-7-8-21-23(17-20)31-15-14-30-21/h5-8,16-17H,3-4,9-15H2,1-2H3. The molecule has 0 aromatic heterocycles. The van der Waals surface area contributed by atoms with E-state index in [0.717, 1.165) is 32.5 Å². The molecule has 4 rings (SSSR count). The minimum absolute atomic E-state index is 0.0357. The minimum Gasteiger partial charge on any atom is -0.486 e. The van der Waals surface area contributed by atoms with Crippen LogP contribution in [0.4, 0.5) is 0 Å². The van der Waals surface area contributed by atoms with Crippen LogP contribution < -0.4 is 13.7 Å². The maximum Gasteiger partial charge on any atom is 0.339 e. The molecule has 2 aromatic carbocycles. The molecular weight excluding hydrogens is 444 g/mol. The van der Waals surface area contributed by atoms with Gasteiger partial charge in [-0.05, 0) is 62.7 Å². The van der Waals surface area contributed by atoms with Crippen LogP contribution >= 0.6 is 0 Å². The smallest absolute Gasteiger partial charge is 0.339 e. The van der Waals surface area contributed by atoms with Crippen molar-refractivity contribution in [2.45, 2.75) is 31.6 Å². The first-order valence-electron chi connectivity index (χ1n) is 11.3. The number of hydrogen-bond acceptors (Lipinski definition) is 7. The van der Waals surface area contributed by atoms with Gasteiger partial charge in [-0.2, -0.15) is 8.42 Å². The summed E-state index contributed by atoms with van der Waals surface area (Å²) >= 11 is 0. The second-order valence-electron chi connectivity index (χ2n) is 8.31. The van der Waals surface area contributed by atoms with Gasteiger partial charge in [0.15, 0.2) is 11.5 Å². The van der Waals surface area contributed by atoms with Gasteiger partial charge in [-0.15, -0.1) is 0 Å². The maximum absolute atomic E-state index is 13.1. The Balaban J connectivity index is 1.52. The summed E-state index contributed by atoms with van der Waals surface area (Å²) in [5, 5.41) is 0. The lowest BCUT2D eigenvalue weighted by Gasteiger charge is -2.22. The van der Waals surface area contributed by atoms with E-state index >= 15 is 0 Å². The molecule has 8 nitrogen and oxygen atoms in total. The number of benzene rings is 2. The Bertz CT molecular complexity index is 1120. The van der Waals surface area contributed by atoms with E-state index in [-0.39, 0.29) is 16.6 Å². The number of amides is 1. The van der Waals surface area contributed by atoms with Gasteiger partial charge in [-0.25, -0.2) is 0 Å². The van der Waals surface area contributed by atoms with Crippen molar-refractivity contribution in [1.29, 1.82) is 0 Å². The first kappa shape index (κ1) is 23.4. The molecule has 0 unspecified atom stereocenters. The Morgan fingerprint density at radius 1 is 1.00 bits per heavy atom. The van der Waals surface area contributed by atoms with E-state index in [2.05, 4.69) is 11.8 Å². The first-order chi connectivity index (χ1) is 15.9. The van der Waals surface area contributed by atoms with Gasteiger partial charge in [0.1, 0.15) is 23.9 Å². The average Bonchev–Trinajstić information content (AvgIpc) is 3.05. The zero-order chi connectivity index (χ0) is 23.4. The summed E-state index contributed by atoms with van der Waals surface area (Å²) in [6, 6.07) is 9.32. The first-order valence-corrected chi connectivity index (χ1v) is 12.7. The van der Waals surface area contributed by atoms with Crippen molar-refractivity contribution in [1.82, 2.24) is 9.80 Å². The van der Waals surface area contributed by atoms with Crippen molar-refractivity contribution in [2.75, 3.05) is 45.9 Å². The molecule has 0 spiro atoms. The van der Waals surface area contributed by atoms with Crippen LogP contribution in [-0.4, -0.2) is 70.1 Å². The summed E-state index contributed by atoms with van der Waals surface area (Å²) in [6.45, 7) is 8.86. The van der Waals surface area contributed by atoms with E-state index in [1.165, 1.54) is 18.2 Å². The molecule has 0 bridgehead atoms. The predicted octanol–water partition coefficient (Wildman–Crippen LogP) is 3.09. The highest BCUT2D eigenvalue weighted by molar-refractivity contribution is 7.87. The molecule has 0 saturated carbocycles. The van der Waals surface area contributed by atoms with E-state index < -0.39 is 10.1 Å². The van der Waals surface area contributed by atoms with Crippen LogP contribution in [-0.2, 0) is 10.1 Å². The molecule has 2 aliphatic rings. The third-order valence-corrected chi connectivity index (χ3v) is 7.08. The number of nitrogens with zero attached hydrogens (tertiary/aromatic N) is 2. The summed E-state index contributed by atoms with van der Waals surface area (Å²) in [4.78, 5) is 17.3. The monoisotopic (exact) mass is 474 g/mol. The molecule has 33 heavy (non-hydrogen) atoms. The largest absolute Gasteiger partial charge is 0.486 e. The zero-order valence-corrected chi connectivity index (χ0v) is 19.9. The number of carbonyl (C=O) groups is 1. The van der Waals surface area contributed by atoms with Crippen LogP contribution in [0.2, 0.25) is 0 Å². The number of aryl methyl sites for hydroxylation is 1. The number of hydrogen-bond donors (Lipinski definition) is 0. The Hall–Kier alpha value is -2.78. The minimum atomic E-state index is -4.12. The van der Waals surface area contributed by atoms with Crippen LogP contribution in [0, 0.1) is 6.92 Å². The second-order valence-corrected chi connectivity index (χ2v) is 9.86. The molecule has 0 radical (unpaired) electrons. The predicted molar refractivity (Wildman–Crippen MR) is 124 cm³/mol. The quantitative estimate of drug-likeness (QED) is 0.595. The summed E-state index contributed by atoms with van der Waals surface area (Å²) in [6.07, 6.45) is 2.00. The van der Waals surface area contributed by atoms with Gasteiger partial charge >= 0.3 is 10.1 Å². The Kier molecular flexibility index (Phi) is 7.09. The highest BCUT2D eigenvalue weighted by Gasteiger charge is 2.24. The number of ether oxygens (including phenoxy) is 2. The number of carbonyl (C=O) groups excluding carboxylic acids is 1. The highest BCUT2D eigenvalue weighted by Crippen LogP contribution is 2.33. The SMILES string of the molecule is CCCN1CCCN(C(=O)c2ccc(C)c(OS(=O)(=O)c3ccc4c(c3)OCCO4)c2)CC1. The fourth-order valence-electron chi connectivity index (χ4n) is 4.06. The fourth-order valence-corrected chi connectivity index (χ4v) is 5.06. The topological polar surface area (TPSA) is 85.4 Å². The molecule has 2 aliphatic heterocycles. The second kappa shape index (κ2) is 10.0. The summed E-state index contributed by atoms with van der Waals surface area (Å²) in [7, 11) is -4.12. The van der Waals surface area contributed by atoms with Crippen molar-refractivity contribution < 1.29 is 26.9 Å². The molecule has 9 heteroatoms. The third kappa shape index (κ3) is 5.42. The number of fused-ring (bicyclic) bond motifs is 1. The molecule has 0 N–H and O–H groups in total. The molecule has 1 saturated heterocycles. The summed E-state index contributed by atoms with van der Waals surface area (Å²) in [5.41, 5.74) is 1.04. The van der Waals surface area contributed by atoms with Gasteiger partial charge in [0, 0.05) is 31.3 Å². The van der Waals surface area contributed by atoms with Crippen molar-refractivity contribution in [3.63, 3.8) is 0 Å². The molecule has 0 aliphatic carbocycles. The van der Waals surface area contributed by atoms with Gasteiger partial charge in [-0.3, -0.25) is 4.79 Å². The fraction of sp³-hybridized carbons (Fsp3) is 0.458. The number of rotatable bonds is 6. The molecule has 0 atom stereocenters. The van der Waals surface area contributed by atoms with E-state index in [9.17, 15) is 13.2 Å². The van der Waals surface area contributed by atoms with E-state index in [0.29, 0.717) is 48.9 Å². The van der Waals surface area contributed by atoms with Crippen LogP contribution in [0.3, 0.4) is 0 Å². The summed E-state index contributed by atoms with van der Waals surface area (Å²) < 4.78 is 42.3. The lowest BCUT2D eigenvalue weighted by atomic mass is 10.1. The van der Waals surface area contributed by atoms with Gasteiger partial charge in [0.05, 0.1) is 0 Å². The maximum atomic E-state index is 13.1. The molecular formula is C24H30N2O6S. The van der Waals surface area contributed by atoms with Crippen LogP contribution in [0.5, 0.6) is 17.2 Å². The van der Waals surface area contributed by atoms with Crippen molar-refractivity contribution in [2.24, 2.45) is 0 Å².